The van der Waals surface area contributed by atoms with Gasteiger partial charge in [0, 0.05) is 19.9 Å². The van der Waals surface area contributed by atoms with Crippen molar-refractivity contribution in [1.82, 2.24) is 4.57 Å². The van der Waals surface area contributed by atoms with E-state index < -0.39 is 15.7 Å². The Labute approximate surface area is 166 Å². The lowest BCUT2D eigenvalue weighted by molar-refractivity contribution is -0.120. The van der Waals surface area contributed by atoms with Gasteiger partial charge in [0.1, 0.15) is 5.75 Å². The second kappa shape index (κ2) is 8.68. The average Bonchev–Trinajstić information content (AvgIpc) is 3.01. The number of ether oxygens (including phenoxy) is 2. The van der Waals surface area contributed by atoms with Crippen molar-refractivity contribution in [2.75, 3.05) is 26.6 Å². The quantitative estimate of drug-likeness (QED) is 0.585. The minimum atomic E-state index is -3.32. The number of para-hydroxylation sites is 1. The third-order valence-electron chi connectivity index (χ3n) is 3.93. The van der Waals surface area contributed by atoms with Gasteiger partial charge in [0.2, 0.25) is 0 Å². The van der Waals surface area contributed by atoms with Crippen LogP contribution in [0, 0.1) is 0 Å². The third-order valence-corrected chi connectivity index (χ3v) is 6.08. The summed E-state index contributed by atoms with van der Waals surface area (Å²) in [5, 5.41) is 0. The van der Waals surface area contributed by atoms with Gasteiger partial charge in [-0.1, -0.05) is 29.5 Å². The summed E-state index contributed by atoms with van der Waals surface area (Å²) >= 11 is 1.25. The summed E-state index contributed by atoms with van der Waals surface area (Å²) in [5.74, 6) is 0.164. The van der Waals surface area contributed by atoms with Crippen LogP contribution in [0.15, 0.2) is 58.4 Å². The molecule has 9 heteroatoms. The number of hydrogen-bond donors (Lipinski definition) is 0. The van der Waals surface area contributed by atoms with E-state index in [1.165, 1.54) is 11.3 Å². The fraction of sp³-hybridized carbons (Fsp3) is 0.263. The summed E-state index contributed by atoms with van der Waals surface area (Å²) in [4.78, 5) is 17.2. The van der Waals surface area contributed by atoms with Crippen LogP contribution in [-0.4, -0.2) is 45.5 Å². The first-order valence-electron chi connectivity index (χ1n) is 8.46. The summed E-state index contributed by atoms with van der Waals surface area (Å²) in [6.45, 7) is 0.735. The summed E-state index contributed by atoms with van der Waals surface area (Å²) in [5.41, 5.74) is 0.796. The molecule has 28 heavy (non-hydrogen) atoms. The number of carbonyl (C=O) groups excluding carboxylic acids is 1. The molecule has 0 radical (unpaired) electrons. The molecule has 0 aliphatic rings. The highest BCUT2D eigenvalue weighted by atomic mass is 32.2. The summed E-state index contributed by atoms with van der Waals surface area (Å²) in [6, 6.07) is 13.9. The molecule has 0 aliphatic carbocycles. The zero-order chi connectivity index (χ0) is 20.1. The van der Waals surface area contributed by atoms with Crippen LogP contribution in [0.4, 0.5) is 0 Å². The number of sulfone groups is 1. The van der Waals surface area contributed by atoms with Gasteiger partial charge in [-0.3, -0.25) is 4.79 Å². The first kappa shape index (κ1) is 20.2. The monoisotopic (exact) mass is 420 g/mol. The lowest BCUT2D eigenvalue weighted by atomic mass is 10.3. The number of benzene rings is 2. The Morgan fingerprint density at radius 3 is 2.61 bits per heavy atom. The standard InChI is InChI=1S/C19H20N2O5S2/c1-25-11-10-21-16-9-8-15(28(2,23)24)12-17(16)27-19(21)20-18(22)13-26-14-6-4-3-5-7-14/h3-9,12H,10-11,13H2,1-2H3. The predicted molar refractivity (Wildman–Crippen MR) is 107 cm³/mol. The Bertz CT molecular complexity index is 1150. The molecule has 148 valence electrons. The molecule has 0 unspecified atom stereocenters. The van der Waals surface area contributed by atoms with E-state index in [4.69, 9.17) is 9.47 Å². The molecule has 3 aromatic rings. The third kappa shape index (κ3) is 4.86. The normalized spacial score (nSPS) is 12.4. The maximum Gasteiger partial charge on any atom is 0.286 e. The predicted octanol–water partition coefficient (Wildman–Crippen LogP) is 2.26. The number of nitrogens with zero attached hydrogens (tertiary/aromatic N) is 2. The van der Waals surface area contributed by atoms with E-state index >= 15 is 0 Å². The highest BCUT2D eigenvalue weighted by Crippen LogP contribution is 2.22. The van der Waals surface area contributed by atoms with Gasteiger partial charge < -0.3 is 14.0 Å². The molecular weight excluding hydrogens is 400 g/mol. The molecule has 2 aromatic carbocycles. The molecule has 0 fully saturated rings. The SMILES string of the molecule is COCCn1c(=NC(=O)COc2ccccc2)sc2cc(S(C)(=O)=O)ccc21. The van der Waals surface area contributed by atoms with Gasteiger partial charge in [-0.05, 0) is 30.3 Å². The maximum atomic E-state index is 12.3. The van der Waals surface area contributed by atoms with Crippen molar-refractivity contribution >= 4 is 37.3 Å². The second-order valence-corrected chi connectivity index (χ2v) is 9.06. The number of carbonyl (C=O) groups is 1. The lowest BCUT2D eigenvalue weighted by Crippen LogP contribution is -2.21. The zero-order valence-corrected chi connectivity index (χ0v) is 17.1. The smallest absolute Gasteiger partial charge is 0.286 e. The molecular formula is C19H20N2O5S2. The molecule has 1 amide bonds. The Morgan fingerprint density at radius 1 is 1.18 bits per heavy atom. The Balaban J connectivity index is 1.95. The van der Waals surface area contributed by atoms with Crippen molar-refractivity contribution in [3.05, 3.63) is 53.3 Å². The van der Waals surface area contributed by atoms with Crippen molar-refractivity contribution in [3.8, 4) is 5.75 Å². The highest BCUT2D eigenvalue weighted by molar-refractivity contribution is 7.90. The number of rotatable bonds is 7. The van der Waals surface area contributed by atoms with Crippen LogP contribution in [-0.2, 0) is 25.9 Å². The van der Waals surface area contributed by atoms with Crippen molar-refractivity contribution < 1.29 is 22.7 Å². The van der Waals surface area contributed by atoms with Crippen LogP contribution in [0.1, 0.15) is 0 Å². The number of fused-ring (bicyclic) bond motifs is 1. The van der Waals surface area contributed by atoms with Gasteiger partial charge in [0.15, 0.2) is 21.2 Å². The molecule has 0 saturated heterocycles. The van der Waals surface area contributed by atoms with Crippen LogP contribution in [0.25, 0.3) is 10.2 Å². The van der Waals surface area contributed by atoms with E-state index in [0.717, 1.165) is 16.5 Å². The first-order valence-corrected chi connectivity index (χ1v) is 11.2. The van der Waals surface area contributed by atoms with Gasteiger partial charge in [-0.15, -0.1) is 0 Å². The van der Waals surface area contributed by atoms with E-state index in [2.05, 4.69) is 4.99 Å². The molecule has 7 nitrogen and oxygen atoms in total. The van der Waals surface area contributed by atoms with Crippen molar-refractivity contribution in [3.63, 3.8) is 0 Å². The molecule has 0 aliphatic heterocycles. The van der Waals surface area contributed by atoms with Gasteiger partial charge in [-0.25, -0.2) is 8.42 Å². The molecule has 0 saturated carbocycles. The van der Waals surface area contributed by atoms with Gasteiger partial charge >= 0.3 is 0 Å². The summed E-state index contributed by atoms with van der Waals surface area (Å²) < 4.78 is 36.8. The average molecular weight is 421 g/mol. The Kier molecular flexibility index (Phi) is 6.28. The topological polar surface area (TPSA) is 87.0 Å². The Morgan fingerprint density at radius 2 is 1.93 bits per heavy atom. The summed E-state index contributed by atoms with van der Waals surface area (Å²) in [7, 11) is -1.73. The number of hydrogen-bond acceptors (Lipinski definition) is 6. The first-order chi connectivity index (χ1) is 13.4. The van der Waals surface area contributed by atoms with Gasteiger partial charge in [-0.2, -0.15) is 4.99 Å². The van der Waals surface area contributed by atoms with Gasteiger partial charge in [0.25, 0.3) is 5.91 Å². The van der Waals surface area contributed by atoms with Crippen LogP contribution < -0.4 is 9.54 Å². The fourth-order valence-electron chi connectivity index (χ4n) is 2.57. The van der Waals surface area contributed by atoms with Crippen molar-refractivity contribution in [2.45, 2.75) is 11.4 Å². The highest BCUT2D eigenvalue weighted by Gasteiger charge is 2.13. The van der Waals surface area contributed by atoms with Crippen molar-refractivity contribution in [2.24, 2.45) is 4.99 Å². The molecule has 0 bridgehead atoms. The summed E-state index contributed by atoms with van der Waals surface area (Å²) in [6.07, 6.45) is 1.16. The number of amides is 1. The molecule has 1 heterocycles. The number of aromatic nitrogens is 1. The molecule has 3 rings (SSSR count). The van der Waals surface area contributed by atoms with Crippen molar-refractivity contribution in [1.29, 1.82) is 0 Å². The van der Waals surface area contributed by atoms with Gasteiger partial charge in [0.05, 0.1) is 21.7 Å². The van der Waals surface area contributed by atoms with E-state index in [9.17, 15) is 13.2 Å². The molecule has 1 aromatic heterocycles. The van der Waals surface area contributed by atoms with Crippen LogP contribution in [0.5, 0.6) is 5.75 Å². The van der Waals surface area contributed by atoms with E-state index in [1.54, 1.807) is 37.4 Å². The van der Waals surface area contributed by atoms with E-state index in [1.807, 2.05) is 22.8 Å². The minimum absolute atomic E-state index is 0.183. The second-order valence-electron chi connectivity index (χ2n) is 6.04. The molecule has 0 N–H and O–H groups in total. The minimum Gasteiger partial charge on any atom is -0.484 e. The number of methoxy groups -OCH3 is 1. The molecule has 0 atom stereocenters. The van der Waals surface area contributed by atoms with Crippen LogP contribution in [0.3, 0.4) is 0 Å². The van der Waals surface area contributed by atoms with Crippen LogP contribution in [0.2, 0.25) is 0 Å². The maximum absolute atomic E-state index is 12.3. The fourth-order valence-corrected chi connectivity index (χ4v) is 4.40. The zero-order valence-electron chi connectivity index (χ0n) is 15.5. The lowest BCUT2D eigenvalue weighted by Gasteiger charge is -2.05. The van der Waals surface area contributed by atoms with E-state index in [0.29, 0.717) is 23.7 Å². The largest absolute Gasteiger partial charge is 0.484 e. The number of thiazole rings is 1. The Hall–Kier alpha value is -2.49. The van der Waals surface area contributed by atoms with E-state index in [-0.39, 0.29) is 11.5 Å². The van der Waals surface area contributed by atoms with Crippen LogP contribution >= 0.6 is 11.3 Å². The molecule has 0 spiro atoms.